The third-order valence-corrected chi connectivity index (χ3v) is 2.47. The fraction of sp³-hybridized carbons (Fsp3) is 1.00. The van der Waals surface area contributed by atoms with E-state index in [9.17, 15) is 0 Å². The zero-order chi connectivity index (χ0) is 8.32. The van der Waals surface area contributed by atoms with Crippen LogP contribution >= 0.6 is 0 Å². The van der Waals surface area contributed by atoms with E-state index in [1.807, 2.05) is 6.92 Å². The predicted molar refractivity (Wildman–Crippen MR) is 37.8 cm³/mol. The van der Waals surface area contributed by atoms with Crippen LogP contribution in [0.25, 0.3) is 0 Å². The summed E-state index contributed by atoms with van der Waals surface area (Å²) >= 11 is 0. The lowest BCUT2D eigenvalue weighted by molar-refractivity contribution is -0.504. The minimum atomic E-state index is -1.17. The molecule has 0 radical (unpaired) electrons. The van der Waals surface area contributed by atoms with E-state index in [4.69, 9.17) is 10.5 Å². The number of hydrogen-bond acceptors (Lipinski definition) is 4. The molecule has 1 fully saturated rings. The van der Waals surface area contributed by atoms with Gasteiger partial charge in [0, 0.05) is 12.3 Å². The van der Waals surface area contributed by atoms with Crippen molar-refractivity contribution < 1.29 is 20.3 Å². The summed E-state index contributed by atoms with van der Waals surface area (Å²) in [7, 11) is 0. The van der Waals surface area contributed by atoms with Crippen LogP contribution in [0.15, 0.2) is 0 Å². The first-order valence-corrected chi connectivity index (χ1v) is 3.90. The fourth-order valence-corrected chi connectivity index (χ4v) is 1.58. The van der Waals surface area contributed by atoms with Gasteiger partial charge >= 0.3 is 0 Å². The molecule has 1 unspecified atom stereocenters. The van der Waals surface area contributed by atoms with E-state index < -0.39 is 5.79 Å². The maximum Gasteiger partial charge on any atom is 0.235 e. The van der Waals surface area contributed by atoms with Gasteiger partial charge in [-0.1, -0.05) is 13.3 Å². The Morgan fingerprint density at radius 1 is 1.27 bits per heavy atom. The molecule has 4 nitrogen and oxygen atoms in total. The maximum atomic E-state index is 8.53. The van der Waals surface area contributed by atoms with E-state index in [0.29, 0.717) is 6.42 Å². The van der Waals surface area contributed by atoms with Crippen molar-refractivity contribution in [1.29, 1.82) is 0 Å². The molecule has 2 N–H and O–H groups in total. The zero-order valence-electron chi connectivity index (χ0n) is 6.62. The van der Waals surface area contributed by atoms with Crippen LogP contribution < -0.4 is 0 Å². The first-order valence-electron chi connectivity index (χ1n) is 3.90. The lowest BCUT2D eigenvalue weighted by Crippen LogP contribution is -2.43. The lowest BCUT2D eigenvalue weighted by Gasteiger charge is -2.35. The van der Waals surface area contributed by atoms with Crippen LogP contribution in [0.1, 0.15) is 32.6 Å². The molecule has 0 aliphatic heterocycles. The highest BCUT2D eigenvalue weighted by Gasteiger charge is 2.42. The van der Waals surface area contributed by atoms with E-state index in [1.54, 1.807) is 0 Å². The topological polar surface area (TPSA) is 58.9 Å². The van der Waals surface area contributed by atoms with Gasteiger partial charge in [-0.15, -0.1) is 0 Å². The van der Waals surface area contributed by atoms with Gasteiger partial charge < -0.3 is 0 Å². The summed E-state index contributed by atoms with van der Waals surface area (Å²) in [5, 5.41) is 17.1. The highest BCUT2D eigenvalue weighted by atomic mass is 17.2. The van der Waals surface area contributed by atoms with Crippen molar-refractivity contribution >= 4 is 0 Å². The third-order valence-electron chi connectivity index (χ3n) is 2.47. The van der Waals surface area contributed by atoms with Crippen LogP contribution in [-0.2, 0) is 9.78 Å². The summed E-state index contributed by atoms with van der Waals surface area (Å²) in [5.41, 5.74) is 0. The van der Waals surface area contributed by atoms with E-state index in [1.165, 1.54) is 0 Å². The van der Waals surface area contributed by atoms with Crippen LogP contribution in [0.2, 0.25) is 0 Å². The van der Waals surface area contributed by atoms with Crippen molar-refractivity contribution in [2.75, 3.05) is 0 Å². The predicted octanol–water partition coefficient (Wildman–Crippen LogP) is 1.87. The van der Waals surface area contributed by atoms with Crippen molar-refractivity contribution in [3.8, 4) is 0 Å². The Labute approximate surface area is 65.6 Å². The van der Waals surface area contributed by atoms with Gasteiger partial charge in [-0.05, 0) is 12.8 Å². The molecule has 0 bridgehead atoms. The van der Waals surface area contributed by atoms with E-state index in [2.05, 4.69) is 9.78 Å². The van der Waals surface area contributed by atoms with Gasteiger partial charge in [-0.3, -0.25) is 0 Å². The average molecular weight is 162 g/mol. The minimum Gasteiger partial charge on any atom is -0.249 e. The first kappa shape index (κ1) is 8.93. The second kappa shape index (κ2) is 3.49. The molecule has 66 valence electrons. The van der Waals surface area contributed by atoms with Gasteiger partial charge in [0.15, 0.2) is 0 Å². The molecule has 1 aliphatic carbocycles. The molecule has 1 rings (SSSR count). The van der Waals surface area contributed by atoms with E-state index in [0.717, 1.165) is 19.3 Å². The third kappa shape index (κ3) is 1.54. The summed E-state index contributed by atoms with van der Waals surface area (Å²) in [6.07, 6.45) is 3.45. The lowest BCUT2D eigenvalue weighted by atomic mass is 9.85. The molecule has 0 spiro atoms. The molecule has 0 heterocycles. The van der Waals surface area contributed by atoms with Crippen LogP contribution in [0, 0.1) is 5.92 Å². The van der Waals surface area contributed by atoms with Crippen molar-refractivity contribution in [3.05, 3.63) is 0 Å². The van der Waals surface area contributed by atoms with Gasteiger partial charge in [-0.25, -0.2) is 20.3 Å². The normalized spacial score (nSPS) is 30.3. The molecular weight excluding hydrogens is 148 g/mol. The fourth-order valence-electron chi connectivity index (χ4n) is 1.58. The van der Waals surface area contributed by atoms with Crippen LogP contribution in [-0.4, -0.2) is 16.3 Å². The zero-order valence-corrected chi connectivity index (χ0v) is 6.62. The number of rotatable bonds is 2. The second-order valence-electron chi connectivity index (χ2n) is 3.14. The monoisotopic (exact) mass is 162 g/mol. The van der Waals surface area contributed by atoms with Gasteiger partial charge in [-0.2, -0.15) is 0 Å². The Balaban J connectivity index is 2.61. The Bertz CT molecular complexity index is 122. The molecule has 1 atom stereocenters. The maximum absolute atomic E-state index is 8.53. The van der Waals surface area contributed by atoms with Crippen molar-refractivity contribution in [2.45, 2.75) is 38.4 Å². The highest BCUT2D eigenvalue weighted by Crippen LogP contribution is 2.36. The van der Waals surface area contributed by atoms with Gasteiger partial charge in [0.2, 0.25) is 5.79 Å². The largest absolute Gasteiger partial charge is 0.249 e. The molecule has 1 aliphatic rings. The Morgan fingerprint density at radius 3 is 2.27 bits per heavy atom. The molecule has 0 aromatic heterocycles. The van der Waals surface area contributed by atoms with Gasteiger partial charge in [0.25, 0.3) is 0 Å². The second-order valence-corrected chi connectivity index (χ2v) is 3.14. The molecule has 0 saturated heterocycles. The van der Waals surface area contributed by atoms with Gasteiger partial charge in [0.1, 0.15) is 0 Å². The molecule has 4 heteroatoms. The summed E-state index contributed by atoms with van der Waals surface area (Å²) in [6, 6.07) is 0. The summed E-state index contributed by atoms with van der Waals surface area (Å²) in [6.45, 7) is 1.88. The Kier molecular flexibility index (Phi) is 2.84. The minimum absolute atomic E-state index is 0.0336. The van der Waals surface area contributed by atoms with Crippen molar-refractivity contribution in [3.63, 3.8) is 0 Å². The van der Waals surface area contributed by atoms with Crippen molar-refractivity contribution in [2.24, 2.45) is 5.92 Å². The quantitative estimate of drug-likeness (QED) is 0.369. The number of hydrogen-bond donors (Lipinski definition) is 2. The van der Waals surface area contributed by atoms with Gasteiger partial charge in [0.05, 0.1) is 0 Å². The van der Waals surface area contributed by atoms with E-state index >= 15 is 0 Å². The average Bonchev–Trinajstić information content (AvgIpc) is 2.06. The standard InChI is InChI=1S/C7H14O4/c1-6-4-2-3-5-7(6,10-8)11-9/h6,8-9H,2-5H2,1H3. The first-order chi connectivity index (χ1) is 5.25. The van der Waals surface area contributed by atoms with Crippen molar-refractivity contribution in [1.82, 2.24) is 0 Å². The summed E-state index contributed by atoms with van der Waals surface area (Å²) in [5.74, 6) is -1.13. The molecule has 0 aromatic carbocycles. The highest BCUT2D eigenvalue weighted by molar-refractivity contribution is 4.79. The SMILES string of the molecule is CC1CCCCC1(OO)OO. The summed E-state index contributed by atoms with van der Waals surface area (Å²) in [4.78, 5) is 8.34. The Hall–Kier alpha value is -0.160. The smallest absolute Gasteiger partial charge is 0.235 e. The van der Waals surface area contributed by atoms with Crippen LogP contribution in [0.4, 0.5) is 0 Å². The molecular formula is C7H14O4. The van der Waals surface area contributed by atoms with Crippen LogP contribution in [0.5, 0.6) is 0 Å². The van der Waals surface area contributed by atoms with Crippen LogP contribution in [0.3, 0.4) is 0 Å². The molecule has 1 saturated carbocycles. The molecule has 11 heavy (non-hydrogen) atoms. The van der Waals surface area contributed by atoms with E-state index in [-0.39, 0.29) is 5.92 Å². The molecule has 0 aromatic rings. The Morgan fingerprint density at radius 2 is 1.91 bits per heavy atom. The molecule has 0 amide bonds. The summed E-state index contributed by atoms with van der Waals surface area (Å²) < 4.78 is 0.